The van der Waals surface area contributed by atoms with Gasteiger partial charge in [-0.2, -0.15) is 5.10 Å². The third-order valence-corrected chi connectivity index (χ3v) is 4.82. The second-order valence-electron chi connectivity index (χ2n) is 6.24. The second-order valence-corrected chi connectivity index (χ2v) is 6.65. The molecule has 2 heterocycles. The number of fused-ring (bicyclic) bond motifs is 1. The number of nitrogens with zero attached hydrogens (tertiary/aromatic N) is 3. The van der Waals surface area contributed by atoms with Crippen LogP contribution in [0.3, 0.4) is 0 Å². The van der Waals surface area contributed by atoms with E-state index in [0.717, 1.165) is 39.5 Å². The highest BCUT2D eigenvalue weighted by atomic mass is 35.5. The third-order valence-electron chi connectivity index (χ3n) is 4.49. The van der Waals surface area contributed by atoms with Crippen molar-refractivity contribution in [2.24, 2.45) is 0 Å². The van der Waals surface area contributed by atoms with Gasteiger partial charge in [0.1, 0.15) is 5.69 Å². The van der Waals surface area contributed by atoms with Crippen LogP contribution in [-0.4, -0.2) is 19.7 Å². The first-order valence-corrected chi connectivity index (χ1v) is 9.03. The molecule has 1 N–H and O–H groups in total. The van der Waals surface area contributed by atoms with E-state index in [0.29, 0.717) is 5.02 Å². The summed E-state index contributed by atoms with van der Waals surface area (Å²) in [4.78, 5) is 8.15. The van der Waals surface area contributed by atoms with Crippen LogP contribution in [0.1, 0.15) is 0 Å². The van der Waals surface area contributed by atoms with Gasteiger partial charge in [-0.25, -0.2) is 9.67 Å². The molecule has 0 atom stereocenters. The fourth-order valence-corrected chi connectivity index (χ4v) is 3.42. The highest BCUT2D eigenvalue weighted by Gasteiger charge is 2.17. The van der Waals surface area contributed by atoms with Gasteiger partial charge < -0.3 is 4.98 Å². The molecule has 0 amide bonds. The number of H-pyrrole nitrogens is 1. The van der Waals surface area contributed by atoms with Crippen molar-refractivity contribution in [1.82, 2.24) is 19.7 Å². The zero-order valence-corrected chi connectivity index (χ0v) is 15.1. The number of aromatic nitrogens is 4. The zero-order valence-electron chi connectivity index (χ0n) is 14.3. The van der Waals surface area contributed by atoms with Gasteiger partial charge in [0.15, 0.2) is 5.82 Å². The van der Waals surface area contributed by atoms with Crippen LogP contribution in [0.2, 0.25) is 5.02 Å². The maximum atomic E-state index is 6.40. The average Bonchev–Trinajstić information content (AvgIpc) is 3.33. The predicted octanol–water partition coefficient (Wildman–Crippen LogP) is 5.74. The molecule has 5 aromatic rings. The molecule has 3 aromatic carbocycles. The Balaban J connectivity index is 1.75. The fourth-order valence-electron chi connectivity index (χ4n) is 3.19. The Morgan fingerprint density at radius 1 is 0.815 bits per heavy atom. The first kappa shape index (κ1) is 15.9. The van der Waals surface area contributed by atoms with Crippen molar-refractivity contribution < 1.29 is 0 Å². The molecule has 5 heteroatoms. The Morgan fingerprint density at radius 2 is 1.56 bits per heavy atom. The lowest BCUT2D eigenvalue weighted by Gasteiger charge is -2.05. The molecular weight excluding hydrogens is 356 g/mol. The molecule has 0 bridgehead atoms. The van der Waals surface area contributed by atoms with Crippen molar-refractivity contribution in [3.8, 4) is 28.5 Å². The lowest BCUT2D eigenvalue weighted by Crippen LogP contribution is -1.99. The summed E-state index contributed by atoms with van der Waals surface area (Å²) < 4.78 is 1.90. The molecule has 5 rings (SSSR count). The standard InChI is InChI=1S/C22H15ClN4/c23-17-11-5-4-10-16(17)20-14-21(27(26-20)15-8-2-1-3-9-15)22-24-18-12-6-7-13-19(18)25-22/h1-14H,(H,24,25). The van der Waals surface area contributed by atoms with E-state index in [-0.39, 0.29) is 0 Å². The lowest BCUT2D eigenvalue weighted by molar-refractivity contribution is 0.885. The highest BCUT2D eigenvalue weighted by molar-refractivity contribution is 6.33. The molecule has 130 valence electrons. The number of nitrogens with one attached hydrogen (secondary N) is 1. The summed E-state index contributed by atoms with van der Waals surface area (Å²) in [6, 6.07) is 27.8. The molecule has 4 nitrogen and oxygen atoms in total. The lowest BCUT2D eigenvalue weighted by atomic mass is 10.1. The van der Waals surface area contributed by atoms with Gasteiger partial charge in [-0.05, 0) is 36.4 Å². The van der Waals surface area contributed by atoms with Gasteiger partial charge in [0.2, 0.25) is 0 Å². The minimum absolute atomic E-state index is 0.673. The Bertz CT molecular complexity index is 1200. The number of benzene rings is 3. The smallest absolute Gasteiger partial charge is 0.157 e. The second kappa shape index (κ2) is 6.41. The molecule has 0 unspecified atom stereocenters. The first-order chi connectivity index (χ1) is 13.3. The Labute approximate surface area is 161 Å². The van der Waals surface area contributed by atoms with Gasteiger partial charge in [-0.1, -0.05) is 60.1 Å². The van der Waals surface area contributed by atoms with Crippen molar-refractivity contribution in [2.45, 2.75) is 0 Å². The van der Waals surface area contributed by atoms with Gasteiger partial charge in [-0.15, -0.1) is 0 Å². The Kier molecular flexibility index (Phi) is 3.77. The molecule has 0 saturated carbocycles. The summed E-state index contributed by atoms with van der Waals surface area (Å²) >= 11 is 6.40. The van der Waals surface area contributed by atoms with Crippen LogP contribution in [0.15, 0.2) is 84.9 Å². The normalized spacial score (nSPS) is 11.1. The van der Waals surface area contributed by atoms with Crippen LogP contribution in [0, 0.1) is 0 Å². The monoisotopic (exact) mass is 370 g/mol. The molecule has 0 spiro atoms. The summed E-state index contributed by atoms with van der Waals surface area (Å²) in [5.41, 5.74) is 5.46. The third kappa shape index (κ3) is 2.80. The number of hydrogen-bond donors (Lipinski definition) is 1. The quantitative estimate of drug-likeness (QED) is 0.440. The van der Waals surface area contributed by atoms with Crippen molar-refractivity contribution >= 4 is 22.6 Å². The molecule has 0 fully saturated rings. The van der Waals surface area contributed by atoms with Crippen molar-refractivity contribution in [3.63, 3.8) is 0 Å². The Morgan fingerprint density at radius 3 is 2.37 bits per heavy atom. The molecule has 27 heavy (non-hydrogen) atoms. The van der Waals surface area contributed by atoms with Crippen LogP contribution < -0.4 is 0 Å². The minimum Gasteiger partial charge on any atom is -0.337 e. The topological polar surface area (TPSA) is 46.5 Å². The van der Waals surface area contributed by atoms with E-state index >= 15 is 0 Å². The van der Waals surface area contributed by atoms with Gasteiger partial charge >= 0.3 is 0 Å². The summed E-state index contributed by atoms with van der Waals surface area (Å²) in [5.74, 6) is 0.769. The Hall–Kier alpha value is -3.37. The fraction of sp³-hybridized carbons (Fsp3) is 0. The number of para-hydroxylation sites is 3. The number of rotatable bonds is 3. The van der Waals surface area contributed by atoms with E-state index < -0.39 is 0 Å². The summed E-state index contributed by atoms with van der Waals surface area (Å²) in [6.07, 6.45) is 0. The van der Waals surface area contributed by atoms with E-state index in [1.807, 2.05) is 89.6 Å². The maximum Gasteiger partial charge on any atom is 0.157 e. The van der Waals surface area contributed by atoms with Crippen LogP contribution in [0.25, 0.3) is 39.5 Å². The van der Waals surface area contributed by atoms with Gasteiger partial charge in [-0.3, -0.25) is 0 Å². The summed E-state index contributed by atoms with van der Waals surface area (Å²) in [7, 11) is 0. The molecular formula is C22H15ClN4. The first-order valence-electron chi connectivity index (χ1n) is 8.65. The number of aromatic amines is 1. The van der Waals surface area contributed by atoms with Crippen molar-refractivity contribution in [1.29, 1.82) is 0 Å². The van der Waals surface area contributed by atoms with E-state index in [1.54, 1.807) is 0 Å². The van der Waals surface area contributed by atoms with Crippen molar-refractivity contribution in [3.05, 3.63) is 90.0 Å². The zero-order chi connectivity index (χ0) is 18.2. The van der Waals surface area contributed by atoms with Crippen LogP contribution >= 0.6 is 11.6 Å². The van der Waals surface area contributed by atoms with E-state index in [1.165, 1.54) is 0 Å². The minimum atomic E-state index is 0.673. The molecule has 0 aliphatic heterocycles. The van der Waals surface area contributed by atoms with Gasteiger partial charge in [0, 0.05) is 5.56 Å². The van der Waals surface area contributed by atoms with E-state index in [2.05, 4.69) is 4.98 Å². The van der Waals surface area contributed by atoms with Crippen LogP contribution in [0.4, 0.5) is 0 Å². The molecule has 0 saturated heterocycles. The number of imidazole rings is 1. The number of hydrogen-bond acceptors (Lipinski definition) is 2. The number of halogens is 1. The molecule has 0 radical (unpaired) electrons. The van der Waals surface area contributed by atoms with Gasteiger partial charge in [0.25, 0.3) is 0 Å². The summed E-state index contributed by atoms with van der Waals surface area (Å²) in [5, 5.41) is 5.50. The van der Waals surface area contributed by atoms with Crippen LogP contribution in [-0.2, 0) is 0 Å². The summed E-state index contributed by atoms with van der Waals surface area (Å²) in [6.45, 7) is 0. The predicted molar refractivity (Wildman–Crippen MR) is 109 cm³/mol. The molecule has 0 aliphatic rings. The van der Waals surface area contributed by atoms with Gasteiger partial charge in [0.05, 0.1) is 27.4 Å². The van der Waals surface area contributed by atoms with E-state index in [4.69, 9.17) is 21.7 Å². The van der Waals surface area contributed by atoms with Crippen molar-refractivity contribution in [2.75, 3.05) is 0 Å². The van der Waals surface area contributed by atoms with Crippen LogP contribution in [0.5, 0.6) is 0 Å². The van der Waals surface area contributed by atoms with E-state index in [9.17, 15) is 0 Å². The molecule has 2 aromatic heterocycles. The SMILES string of the molecule is Clc1ccccc1-c1cc(-c2nc3ccccc3[nH]2)n(-c2ccccc2)n1. The average molecular weight is 371 g/mol. The maximum absolute atomic E-state index is 6.40. The molecule has 0 aliphatic carbocycles. The highest BCUT2D eigenvalue weighted by Crippen LogP contribution is 2.31. The largest absolute Gasteiger partial charge is 0.337 e.